The van der Waals surface area contributed by atoms with E-state index >= 15 is 0 Å². The Kier molecular flexibility index (Phi) is 4.00. The molecule has 1 heterocycles. The number of ether oxygens (including phenoxy) is 1. The van der Waals surface area contributed by atoms with Gasteiger partial charge in [-0.25, -0.2) is 0 Å². The Morgan fingerprint density at radius 3 is 2.40 bits per heavy atom. The van der Waals surface area contributed by atoms with Gasteiger partial charge in [0.05, 0.1) is 12.6 Å². The topological polar surface area (TPSA) is 119 Å². The van der Waals surface area contributed by atoms with Gasteiger partial charge in [0.25, 0.3) is 0 Å². The number of carbonyl (C=O) groups excluding carboxylic acids is 1. The smallest absolute Gasteiger partial charge is 0.217 e. The van der Waals surface area contributed by atoms with Gasteiger partial charge in [0.2, 0.25) is 5.91 Å². The monoisotopic (exact) mass is 221 g/mol. The van der Waals surface area contributed by atoms with E-state index in [2.05, 4.69) is 5.32 Å². The van der Waals surface area contributed by atoms with E-state index in [0.717, 1.165) is 0 Å². The lowest BCUT2D eigenvalue weighted by Gasteiger charge is -2.40. The van der Waals surface area contributed by atoms with Gasteiger partial charge in [-0.05, 0) is 0 Å². The highest BCUT2D eigenvalue weighted by molar-refractivity contribution is 5.73. The molecule has 0 aliphatic carbocycles. The summed E-state index contributed by atoms with van der Waals surface area (Å²) in [5.74, 6) is -0.455. The standard InChI is InChI=1S/C8H15NO6/c1-3(11)9-5-6(12)4(2-10)15-8(14)7(5)13/h4-8,10,12-14H,2H2,1H3,(H,9,11)/t4-,5+,6-,7-,8+/m1/s1. The first-order valence-electron chi connectivity index (χ1n) is 4.55. The minimum absolute atomic E-state index is 0.455. The van der Waals surface area contributed by atoms with Crippen molar-refractivity contribution in [2.45, 2.75) is 37.6 Å². The maximum Gasteiger partial charge on any atom is 0.217 e. The number of hydrogen-bond donors (Lipinski definition) is 5. The van der Waals surface area contributed by atoms with Crippen LogP contribution in [0.25, 0.3) is 0 Å². The van der Waals surface area contributed by atoms with Crippen LogP contribution in [0.4, 0.5) is 0 Å². The van der Waals surface area contributed by atoms with E-state index in [1.165, 1.54) is 6.92 Å². The maximum absolute atomic E-state index is 10.8. The Hall–Kier alpha value is -0.730. The van der Waals surface area contributed by atoms with Gasteiger partial charge in [-0.1, -0.05) is 0 Å². The molecule has 0 aromatic heterocycles. The summed E-state index contributed by atoms with van der Waals surface area (Å²) in [5, 5.41) is 39.4. The van der Waals surface area contributed by atoms with Crippen LogP contribution < -0.4 is 5.32 Å². The van der Waals surface area contributed by atoms with Crippen molar-refractivity contribution in [2.75, 3.05) is 6.61 Å². The Morgan fingerprint density at radius 2 is 1.93 bits per heavy atom. The average molecular weight is 221 g/mol. The van der Waals surface area contributed by atoms with Crippen LogP contribution in [0.2, 0.25) is 0 Å². The minimum Gasteiger partial charge on any atom is -0.394 e. The molecule has 7 nitrogen and oxygen atoms in total. The molecule has 1 amide bonds. The van der Waals surface area contributed by atoms with Crippen LogP contribution in [-0.2, 0) is 9.53 Å². The SMILES string of the molecule is CC(=O)N[C@@H]1[C@@H](O)[C@@H](O)O[C@H](CO)[C@H]1O. The summed E-state index contributed by atoms with van der Waals surface area (Å²) in [4.78, 5) is 10.8. The van der Waals surface area contributed by atoms with Crippen molar-refractivity contribution in [1.29, 1.82) is 0 Å². The summed E-state index contributed by atoms with van der Waals surface area (Å²) in [6, 6.07) is -1.05. The third-order valence-corrected chi connectivity index (χ3v) is 2.27. The second-order valence-corrected chi connectivity index (χ2v) is 3.46. The van der Waals surface area contributed by atoms with Gasteiger partial charge in [-0.2, -0.15) is 0 Å². The zero-order valence-electron chi connectivity index (χ0n) is 8.20. The van der Waals surface area contributed by atoms with Gasteiger partial charge in [0.15, 0.2) is 6.29 Å². The quantitative estimate of drug-likeness (QED) is 0.337. The van der Waals surface area contributed by atoms with E-state index in [4.69, 9.17) is 9.84 Å². The molecule has 0 radical (unpaired) electrons. The second kappa shape index (κ2) is 4.86. The number of rotatable bonds is 2. The molecule has 0 spiro atoms. The number of aliphatic hydroxyl groups is 4. The highest BCUT2D eigenvalue weighted by atomic mass is 16.6. The van der Waals surface area contributed by atoms with E-state index in [9.17, 15) is 20.1 Å². The average Bonchev–Trinajstić information content (AvgIpc) is 2.18. The number of amides is 1. The van der Waals surface area contributed by atoms with Crippen molar-refractivity contribution in [3.63, 3.8) is 0 Å². The van der Waals surface area contributed by atoms with Gasteiger partial charge in [-0.3, -0.25) is 4.79 Å². The molecule has 0 aromatic carbocycles. The highest BCUT2D eigenvalue weighted by Crippen LogP contribution is 2.19. The molecule has 1 aliphatic rings. The fraction of sp³-hybridized carbons (Fsp3) is 0.875. The molecule has 0 saturated carbocycles. The molecule has 88 valence electrons. The largest absolute Gasteiger partial charge is 0.394 e. The van der Waals surface area contributed by atoms with E-state index in [1.54, 1.807) is 0 Å². The Bertz CT molecular complexity index is 235. The summed E-state index contributed by atoms with van der Waals surface area (Å²) in [6.45, 7) is 0.705. The fourth-order valence-corrected chi connectivity index (χ4v) is 1.51. The number of hydrogen-bond acceptors (Lipinski definition) is 6. The van der Waals surface area contributed by atoms with Crippen LogP contribution in [0.1, 0.15) is 6.92 Å². The molecule has 1 aliphatic heterocycles. The van der Waals surface area contributed by atoms with Gasteiger partial charge in [-0.15, -0.1) is 0 Å². The summed E-state index contributed by atoms with van der Waals surface area (Å²) in [5.41, 5.74) is 0. The van der Waals surface area contributed by atoms with E-state index in [1.807, 2.05) is 0 Å². The summed E-state index contributed by atoms with van der Waals surface area (Å²) >= 11 is 0. The highest BCUT2D eigenvalue weighted by Gasteiger charge is 2.43. The van der Waals surface area contributed by atoms with Crippen molar-refractivity contribution >= 4 is 5.91 Å². The molecule has 5 N–H and O–H groups in total. The third kappa shape index (κ3) is 2.64. The van der Waals surface area contributed by atoms with E-state index in [-0.39, 0.29) is 0 Å². The summed E-state index contributed by atoms with van der Waals surface area (Å²) in [7, 11) is 0. The lowest BCUT2D eigenvalue weighted by molar-refractivity contribution is -0.261. The molecular formula is C8H15NO6. The van der Waals surface area contributed by atoms with Crippen molar-refractivity contribution in [1.82, 2.24) is 5.32 Å². The number of aliphatic hydroxyl groups excluding tert-OH is 4. The summed E-state index contributed by atoms with van der Waals surface area (Å²) < 4.78 is 4.73. The molecule has 15 heavy (non-hydrogen) atoms. The zero-order valence-corrected chi connectivity index (χ0v) is 8.20. The molecule has 0 bridgehead atoms. The van der Waals surface area contributed by atoms with Gasteiger partial charge in [0, 0.05) is 6.92 Å². The predicted octanol–water partition coefficient (Wildman–Crippen LogP) is -3.08. The Balaban J connectivity index is 2.74. The fourth-order valence-electron chi connectivity index (χ4n) is 1.51. The van der Waals surface area contributed by atoms with E-state index in [0.29, 0.717) is 0 Å². The van der Waals surface area contributed by atoms with Crippen LogP contribution in [0.5, 0.6) is 0 Å². The molecule has 1 saturated heterocycles. The van der Waals surface area contributed by atoms with Crippen molar-refractivity contribution in [2.24, 2.45) is 0 Å². The number of carbonyl (C=O) groups is 1. The Labute approximate surface area is 86.3 Å². The lowest BCUT2D eigenvalue weighted by Crippen LogP contribution is -2.64. The van der Waals surface area contributed by atoms with Crippen LogP contribution in [0.3, 0.4) is 0 Å². The number of nitrogens with one attached hydrogen (secondary N) is 1. The first-order chi connectivity index (χ1) is 6.97. The maximum atomic E-state index is 10.8. The normalized spacial score (nSPS) is 41.3. The molecule has 5 atom stereocenters. The molecule has 1 rings (SSSR count). The molecule has 0 unspecified atom stereocenters. The lowest BCUT2D eigenvalue weighted by atomic mass is 9.96. The van der Waals surface area contributed by atoms with Gasteiger partial charge >= 0.3 is 0 Å². The van der Waals surface area contributed by atoms with Gasteiger partial charge < -0.3 is 30.5 Å². The van der Waals surface area contributed by atoms with Crippen LogP contribution in [0.15, 0.2) is 0 Å². The minimum atomic E-state index is -1.54. The van der Waals surface area contributed by atoms with Gasteiger partial charge in [0.1, 0.15) is 18.3 Å². The predicted molar refractivity (Wildman–Crippen MR) is 47.6 cm³/mol. The summed E-state index contributed by atoms with van der Waals surface area (Å²) in [6.07, 6.45) is -5.26. The van der Waals surface area contributed by atoms with Crippen LogP contribution >= 0.6 is 0 Å². The van der Waals surface area contributed by atoms with Crippen molar-refractivity contribution < 1.29 is 30.0 Å². The van der Waals surface area contributed by atoms with E-state index < -0.39 is 43.2 Å². The Morgan fingerprint density at radius 1 is 1.33 bits per heavy atom. The molecule has 7 heteroatoms. The second-order valence-electron chi connectivity index (χ2n) is 3.46. The van der Waals surface area contributed by atoms with Crippen LogP contribution in [-0.4, -0.2) is 63.6 Å². The third-order valence-electron chi connectivity index (χ3n) is 2.27. The molecule has 1 fully saturated rings. The molecule has 0 aromatic rings. The van der Waals surface area contributed by atoms with Crippen molar-refractivity contribution in [3.8, 4) is 0 Å². The van der Waals surface area contributed by atoms with Crippen molar-refractivity contribution in [3.05, 3.63) is 0 Å². The zero-order chi connectivity index (χ0) is 11.6. The first-order valence-corrected chi connectivity index (χ1v) is 4.55. The molecular weight excluding hydrogens is 206 g/mol. The first kappa shape index (κ1) is 12.3. The van der Waals surface area contributed by atoms with Crippen LogP contribution in [0, 0.1) is 0 Å².